The summed E-state index contributed by atoms with van der Waals surface area (Å²) in [6.45, 7) is 3.89. The SMILES string of the molecule is CC/C=C\C/C=C\C/C=C\C/C=C\C/C=C\C/C=C\C/C=C\C/C=C\C/C=C\C/C=C\CCCCCCCCCCC(=O)OC(CO)COC(=O)CCCCCCCCCC/C=C\C/C=C\C/C=C\C/C=C\C/C=C\C/C=C\C/C=C\C/C=C\CC. The maximum absolute atomic E-state index is 12.4. The molecule has 0 heterocycles. The summed E-state index contributed by atoms with van der Waals surface area (Å²) in [6, 6.07) is 0. The van der Waals surface area contributed by atoms with Crippen molar-refractivity contribution in [3.05, 3.63) is 219 Å². The number of ether oxygens (including phenoxy) is 2. The zero-order valence-electron chi connectivity index (χ0n) is 54.7. The van der Waals surface area contributed by atoms with Gasteiger partial charge in [0.1, 0.15) is 6.61 Å². The Kier molecular flexibility index (Phi) is 68.5. The summed E-state index contributed by atoms with van der Waals surface area (Å²) >= 11 is 0. The minimum atomic E-state index is -0.799. The van der Waals surface area contributed by atoms with Crippen LogP contribution >= 0.6 is 0 Å². The van der Waals surface area contributed by atoms with Gasteiger partial charge in [-0.2, -0.15) is 0 Å². The first-order valence-corrected chi connectivity index (χ1v) is 34.3. The lowest BCUT2D eigenvalue weighted by molar-refractivity contribution is -0.161. The van der Waals surface area contributed by atoms with E-state index in [1.807, 2.05) is 0 Å². The van der Waals surface area contributed by atoms with Gasteiger partial charge in [0.25, 0.3) is 0 Å². The topological polar surface area (TPSA) is 72.8 Å². The molecule has 0 fully saturated rings. The normalized spacial score (nSPS) is 13.7. The first-order valence-electron chi connectivity index (χ1n) is 34.3. The van der Waals surface area contributed by atoms with Gasteiger partial charge in [0.2, 0.25) is 0 Å². The number of hydrogen-bond donors (Lipinski definition) is 1. The number of carbonyl (C=O) groups excluding carboxylic acids is 2. The number of hydrogen-bond acceptors (Lipinski definition) is 5. The van der Waals surface area contributed by atoms with Crippen molar-refractivity contribution in [3.63, 3.8) is 0 Å². The Balaban J connectivity index is 3.64. The molecule has 0 aromatic carbocycles. The van der Waals surface area contributed by atoms with Gasteiger partial charge in [-0.3, -0.25) is 9.59 Å². The Bertz CT molecular complexity index is 2060. The minimum Gasteiger partial charge on any atom is -0.462 e. The Morgan fingerprint density at radius 3 is 0.698 bits per heavy atom. The van der Waals surface area contributed by atoms with Crippen LogP contribution in [0.3, 0.4) is 0 Å². The van der Waals surface area contributed by atoms with E-state index in [0.29, 0.717) is 12.8 Å². The van der Waals surface area contributed by atoms with Crippen LogP contribution in [0.15, 0.2) is 219 Å². The summed E-state index contributed by atoms with van der Waals surface area (Å²) in [7, 11) is 0. The molecule has 1 N–H and O–H groups in total. The standard InChI is InChI=1S/C81H124O5/c1-3-5-7-9-11-13-15-17-19-21-23-25-27-29-31-33-35-37-38-39-40-41-42-44-46-48-50-52-54-56-58-60-62-64-66-68-70-72-74-76-81(84)86-79(77-82)78-85-80(83)75-73-71-69-67-65-63-61-59-57-55-53-51-49-47-45-43-36-34-32-30-28-26-24-22-20-18-16-14-12-10-8-6-4-2/h5-8,11-14,17-20,23-26,29-32,35-37,39-40,42-44,47-50,53-56,79,82H,3-4,9-10,15-16,21-22,27-28,33-34,38,41,45-46,51-52,57-78H2,1-2H3/b7-5-,8-6-,13-11-,14-12-,19-17-,20-18-,25-23-,26-24-,31-29-,32-30-,37-35-,40-39-,43-36-,44-42-,49-47-,50-48-,55-53-,56-54-. The first kappa shape index (κ1) is 80.2. The molecule has 5 heteroatoms. The van der Waals surface area contributed by atoms with Crippen LogP contribution in [0.25, 0.3) is 0 Å². The smallest absolute Gasteiger partial charge is 0.306 e. The number of carbonyl (C=O) groups is 2. The van der Waals surface area contributed by atoms with Gasteiger partial charge < -0.3 is 14.6 Å². The molecule has 0 aromatic rings. The zero-order valence-corrected chi connectivity index (χ0v) is 54.7. The third-order valence-corrected chi connectivity index (χ3v) is 13.8. The second kappa shape index (κ2) is 73.5. The fraction of sp³-hybridized carbons (Fsp3) is 0.531. The lowest BCUT2D eigenvalue weighted by Crippen LogP contribution is -2.28. The average Bonchev–Trinajstić information content (AvgIpc) is 3.55. The van der Waals surface area contributed by atoms with Crippen molar-refractivity contribution >= 4 is 11.9 Å². The fourth-order valence-corrected chi connectivity index (χ4v) is 8.72. The molecule has 0 aliphatic heterocycles. The third kappa shape index (κ3) is 70.7. The maximum Gasteiger partial charge on any atom is 0.306 e. The van der Waals surface area contributed by atoms with Gasteiger partial charge in [0.05, 0.1) is 6.61 Å². The van der Waals surface area contributed by atoms with E-state index in [4.69, 9.17) is 9.47 Å². The van der Waals surface area contributed by atoms with Crippen LogP contribution in [-0.2, 0) is 19.1 Å². The molecule has 1 atom stereocenters. The van der Waals surface area contributed by atoms with Crippen LogP contribution in [0.2, 0.25) is 0 Å². The summed E-state index contributed by atoms with van der Waals surface area (Å²) in [5.74, 6) is -0.624. The third-order valence-electron chi connectivity index (χ3n) is 13.8. The maximum atomic E-state index is 12.4. The van der Waals surface area contributed by atoms with E-state index in [1.54, 1.807) is 0 Å². The highest BCUT2D eigenvalue weighted by Gasteiger charge is 2.16. The van der Waals surface area contributed by atoms with Crippen molar-refractivity contribution in [1.82, 2.24) is 0 Å². The summed E-state index contributed by atoms with van der Waals surface area (Å²) in [5, 5.41) is 9.70. The van der Waals surface area contributed by atoms with E-state index < -0.39 is 6.10 Å². The molecule has 0 amide bonds. The summed E-state index contributed by atoms with van der Waals surface area (Å²) in [5.41, 5.74) is 0. The van der Waals surface area contributed by atoms with E-state index in [2.05, 4.69) is 233 Å². The minimum absolute atomic E-state index is 0.0878. The monoisotopic (exact) mass is 1180 g/mol. The predicted molar refractivity (Wildman–Crippen MR) is 379 cm³/mol. The van der Waals surface area contributed by atoms with E-state index >= 15 is 0 Å². The lowest BCUT2D eigenvalue weighted by Gasteiger charge is -2.15. The van der Waals surface area contributed by atoms with Gasteiger partial charge in [-0.15, -0.1) is 0 Å². The molecule has 0 saturated heterocycles. The van der Waals surface area contributed by atoms with E-state index in [9.17, 15) is 14.7 Å². The summed E-state index contributed by atoms with van der Waals surface area (Å²) in [6.07, 6.45) is 119. The predicted octanol–water partition coefficient (Wildman–Crippen LogP) is 24.3. The van der Waals surface area contributed by atoms with E-state index in [1.165, 1.54) is 64.2 Å². The lowest BCUT2D eigenvalue weighted by atomic mass is 10.1. The molecule has 0 spiro atoms. The Morgan fingerprint density at radius 1 is 0.267 bits per heavy atom. The number of aliphatic hydroxyl groups is 1. The molecule has 0 saturated carbocycles. The molecule has 0 radical (unpaired) electrons. The number of esters is 2. The van der Waals surface area contributed by atoms with Crippen molar-refractivity contribution in [2.45, 2.75) is 264 Å². The molecule has 0 rings (SSSR count). The second-order valence-corrected chi connectivity index (χ2v) is 21.8. The molecule has 0 aliphatic carbocycles. The van der Waals surface area contributed by atoms with Crippen LogP contribution in [0.5, 0.6) is 0 Å². The molecule has 5 nitrogen and oxygen atoms in total. The van der Waals surface area contributed by atoms with Crippen molar-refractivity contribution in [1.29, 1.82) is 0 Å². The molecule has 0 bridgehead atoms. The van der Waals surface area contributed by atoms with Crippen molar-refractivity contribution < 1.29 is 24.2 Å². The van der Waals surface area contributed by atoms with Gasteiger partial charge >= 0.3 is 11.9 Å². The summed E-state index contributed by atoms with van der Waals surface area (Å²) in [4.78, 5) is 24.7. The number of aliphatic hydroxyl groups excluding tert-OH is 1. The highest BCUT2D eigenvalue weighted by atomic mass is 16.6. The Morgan fingerprint density at radius 2 is 0.465 bits per heavy atom. The fourth-order valence-electron chi connectivity index (χ4n) is 8.72. The van der Waals surface area contributed by atoms with Crippen LogP contribution < -0.4 is 0 Å². The highest BCUT2D eigenvalue weighted by molar-refractivity contribution is 5.70. The molecular formula is C81H124O5. The van der Waals surface area contributed by atoms with Crippen molar-refractivity contribution in [3.8, 4) is 0 Å². The second-order valence-electron chi connectivity index (χ2n) is 21.8. The number of rotatable bonds is 60. The molecule has 1 unspecified atom stereocenters. The van der Waals surface area contributed by atoms with Gasteiger partial charge in [-0.1, -0.05) is 310 Å². The molecule has 86 heavy (non-hydrogen) atoms. The van der Waals surface area contributed by atoms with Crippen molar-refractivity contribution in [2.75, 3.05) is 13.2 Å². The van der Waals surface area contributed by atoms with Crippen LogP contribution in [-0.4, -0.2) is 36.4 Å². The van der Waals surface area contributed by atoms with Gasteiger partial charge in [0.15, 0.2) is 6.10 Å². The van der Waals surface area contributed by atoms with Gasteiger partial charge in [0, 0.05) is 12.8 Å². The average molecular weight is 1180 g/mol. The van der Waals surface area contributed by atoms with Gasteiger partial charge in [-0.25, -0.2) is 0 Å². The first-order chi connectivity index (χ1) is 42.6. The van der Waals surface area contributed by atoms with E-state index in [-0.39, 0.29) is 25.2 Å². The van der Waals surface area contributed by atoms with E-state index in [0.717, 1.165) is 167 Å². The summed E-state index contributed by atoms with van der Waals surface area (Å²) < 4.78 is 10.7. The molecule has 478 valence electrons. The molecular weight excluding hydrogens is 1050 g/mol. The number of unbranched alkanes of at least 4 members (excludes halogenated alkanes) is 16. The van der Waals surface area contributed by atoms with Crippen LogP contribution in [0.1, 0.15) is 258 Å². The highest BCUT2D eigenvalue weighted by Crippen LogP contribution is 2.14. The zero-order chi connectivity index (χ0) is 61.9. The Hall–Kier alpha value is -5.78. The molecule has 0 aromatic heterocycles. The molecule has 0 aliphatic rings. The number of allylic oxidation sites excluding steroid dienone is 36. The Labute approximate surface area is 529 Å². The van der Waals surface area contributed by atoms with Crippen molar-refractivity contribution in [2.24, 2.45) is 0 Å². The van der Waals surface area contributed by atoms with Crippen LogP contribution in [0.4, 0.5) is 0 Å². The van der Waals surface area contributed by atoms with Gasteiger partial charge in [-0.05, 0) is 154 Å². The van der Waals surface area contributed by atoms with Crippen LogP contribution in [0, 0.1) is 0 Å². The largest absolute Gasteiger partial charge is 0.462 e. The quantitative estimate of drug-likeness (QED) is 0.0373.